The van der Waals surface area contributed by atoms with E-state index in [4.69, 9.17) is 5.73 Å². The van der Waals surface area contributed by atoms with Crippen molar-refractivity contribution < 1.29 is 4.39 Å². The molecular formula is C16H18FN3O. The van der Waals surface area contributed by atoms with Crippen LogP contribution < -0.4 is 11.4 Å². The normalized spacial score (nSPS) is 10.5. The topological polar surface area (TPSA) is 52.9 Å². The van der Waals surface area contributed by atoms with Crippen LogP contribution in [0.5, 0.6) is 0 Å². The molecule has 0 saturated carbocycles. The summed E-state index contributed by atoms with van der Waals surface area (Å²) < 4.78 is 16.8. The first-order valence-electron chi connectivity index (χ1n) is 6.77. The molecule has 2 N–H and O–H groups in total. The van der Waals surface area contributed by atoms with E-state index >= 15 is 0 Å². The van der Waals surface area contributed by atoms with Crippen molar-refractivity contribution in [3.8, 4) is 11.8 Å². The Kier molecular flexibility index (Phi) is 4.61. The summed E-state index contributed by atoms with van der Waals surface area (Å²) >= 11 is 0. The average molecular weight is 287 g/mol. The minimum atomic E-state index is -0.370. The van der Waals surface area contributed by atoms with Gasteiger partial charge in [0.2, 0.25) is 0 Å². The maximum Gasteiger partial charge on any atom is 0.328 e. The Morgan fingerprint density at radius 3 is 2.67 bits per heavy atom. The Balaban J connectivity index is 2.31. The number of hydrogen-bond donors (Lipinski definition) is 1. The molecule has 0 radical (unpaired) electrons. The van der Waals surface area contributed by atoms with Crippen LogP contribution in [-0.2, 0) is 6.54 Å². The first kappa shape index (κ1) is 15.1. The SMILES string of the molecule is CC(C)n1ccn(Cc2cc(F)cc(C#CCN)c2)c1=O. The molecule has 0 aliphatic carbocycles. The fourth-order valence-corrected chi connectivity index (χ4v) is 2.11. The number of hydrogen-bond acceptors (Lipinski definition) is 2. The van der Waals surface area contributed by atoms with Gasteiger partial charge in [-0.25, -0.2) is 9.18 Å². The van der Waals surface area contributed by atoms with Gasteiger partial charge >= 0.3 is 5.69 Å². The predicted octanol–water partition coefficient (Wildman–Crippen LogP) is 1.73. The van der Waals surface area contributed by atoms with Gasteiger partial charge in [-0.15, -0.1) is 0 Å². The van der Waals surface area contributed by atoms with Crippen LogP contribution >= 0.6 is 0 Å². The van der Waals surface area contributed by atoms with E-state index < -0.39 is 0 Å². The molecule has 0 unspecified atom stereocenters. The third kappa shape index (κ3) is 3.61. The number of rotatable bonds is 3. The Hall–Kier alpha value is -2.32. The van der Waals surface area contributed by atoms with Crippen LogP contribution in [0.25, 0.3) is 0 Å². The molecule has 1 heterocycles. The zero-order valence-corrected chi connectivity index (χ0v) is 12.1. The van der Waals surface area contributed by atoms with Crippen molar-refractivity contribution in [1.82, 2.24) is 9.13 Å². The lowest BCUT2D eigenvalue weighted by molar-refractivity contribution is 0.560. The van der Waals surface area contributed by atoms with Gasteiger partial charge in [-0.2, -0.15) is 0 Å². The van der Waals surface area contributed by atoms with Gasteiger partial charge in [0.25, 0.3) is 0 Å². The van der Waals surface area contributed by atoms with Crippen LogP contribution in [0.2, 0.25) is 0 Å². The third-order valence-electron chi connectivity index (χ3n) is 3.08. The van der Waals surface area contributed by atoms with Gasteiger partial charge < -0.3 is 5.73 Å². The highest BCUT2D eigenvalue weighted by molar-refractivity contribution is 5.38. The molecule has 0 saturated heterocycles. The molecule has 0 atom stereocenters. The summed E-state index contributed by atoms with van der Waals surface area (Å²) in [5, 5.41) is 0. The van der Waals surface area contributed by atoms with E-state index in [1.807, 2.05) is 13.8 Å². The van der Waals surface area contributed by atoms with Crippen LogP contribution in [0, 0.1) is 17.7 Å². The number of aromatic nitrogens is 2. The molecule has 0 fully saturated rings. The molecule has 110 valence electrons. The number of imidazole rings is 1. The molecular weight excluding hydrogens is 269 g/mol. The third-order valence-corrected chi connectivity index (χ3v) is 3.08. The van der Waals surface area contributed by atoms with Crippen molar-refractivity contribution in [1.29, 1.82) is 0 Å². The van der Waals surface area contributed by atoms with Crippen LogP contribution in [0.1, 0.15) is 31.0 Å². The zero-order chi connectivity index (χ0) is 15.4. The predicted molar refractivity (Wildman–Crippen MR) is 80.5 cm³/mol. The fourth-order valence-electron chi connectivity index (χ4n) is 2.11. The van der Waals surface area contributed by atoms with Gasteiger partial charge in [0, 0.05) is 24.0 Å². The Labute approximate surface area is 123 Å². The summed E-state index contributed by atoms with van der Waals surface area (Å²) in [6.07, 6.45) is 3.44. The Morgan fingerprint density at radius 2 is 2.05 bits per heavy atom. The van der Waals surface area contributed by atoms with Crippen molar-refractivity contribution in [3.05, 3.63) is 58.0 Å². The largest absolute Gasteiger partial charge is 0.328 e. The molecule has 1 aromatic heterocycles. The molecule has 5 heteroatoms. The van der Waals surface area contributed by atoms with E-state index in [0.717, 1.165) is 0 Å². The Bertz CT molecular complexity index is 747. The maximum atomic E-state index is 13.6. The second-order valence-electron chi connectivity index (χ2n) is 5.06. The molecule has 0 aliphatic heterocycles. The summed E-state index contributed by atoms with van der Waals surface area (Å²) in [6, 6.07) is 4.63. The lowest BCUT2D eigenvalue weighted by Gasteiger charge is -2.06. The molecule has 1 aromatic carbocycles. The van der Waals surface area contributed by atoms with Crippen LogP contribution in [0.3, 0.4) is 0 Å². The van der Waals surface area contributed by atoms with Gasteiger partial charge in [-0.05, 0) is 37.6 Å². The van der Waals surface area contributed by atoms with E-state index in [1.165, 1.54) is 12.1 Å². The molecule has 21 heavy (non-hydrogen) atoms. The summed E-state index contributed by atoms with van der Waals surface area (Å²) in [6.45, 7) is 4.42. The lowest BCUT2D eigenvalue weighted by Crippen LogP contribution is -2.25. The number of benzene rings is 1. The fraction of sp³-hybridized carbons (Fsp3) is 0.312. The van der Waals surface area contributed by atoms with Crippen molar-refractivity contribution in [2.45, 2.75) is 26.4 Å². The second kappa shape index (κ2) is 6.42. The lowest BCUT2D eigenvalue weighted by atomic mass is 10.1. The smallest absolute Gasteiger partial charge is 0.320 e. The minimum absolute atomic E-state index is 0.0947. The van der Waals surface area contributed by atoms with Crippen molar-refractivity contribution in [3.63, 3.8) is 0 Å². The quantitative estimate of drug-likeness (QED) is 0.874. The molecule has 4 nitrogen and oxygen atoms in total. The first-order valence-corrected chi connectivity index (χ1v) is 6.77. The number of nitrogens with zero attached hydrogens (tertiary/aromatic N) is 2. The highest BCUT2D eigenvalue weighted by atomic mass is 19.1. The van der Waals surface area contributed by atoms with Gasteiger partial charge in [-0.1, -0.05) is 11.8 Å². The van der Waals surface area contributed by atoms with Crippen LogP contribution in [-0.4, -0.2) is 15.7 Å². The zero-order valence-electron chi connectivity index (χ0n) is 12.1. The average Bonchev–Trinajstić information content (AvgIpc) is 2.77. The molecule has 0 spiro atoms. The summed E-state index contributed by atoms with van der Waals surface area (Å²) in [5.74, 6) is 5.12. The number of halogens is 1. The standard InChI is InChI=1S/C16H18FN3O/c1-12(2)20-7-6-19(16(20)21)11-14-8-13(4-3-5-18)9-15(17)10-14/h6-10,12H,5,11,18H2,1-2H3. The van der Waals surface area contributed by atoms with Gasteiger partial charge in [0.1, 0.15) is 5.82 Å². The highest BCUT2D eigenvalue weighted by Gasteiger charge is 2.07. The van der Waals surface area contributed by atoms with E-state index in [0.29, 0.717) is 17.7 Å². The summed E-state index contributed by atoms with van der Waals surface area (Å²) in [5.41, 5.74) is 6.46. The highest BCUT2D eigenvalue weighted by Crippen LogP contribution is 2.10. The van der Waals surface area contributed by atoms with Crippen molar-refractivity contribution >= 4 is 0 Å². The monoisotopic (exact) mass is 287 g/mol. The van der Waals surface area contributed by atoms with E-state index in [9.17, 15) is 9.18 Å². The van der Waals surface area contributed by atoms with Crippen LogP contribution in [0.4, 0.5) is 4.39 Å². The molecule has 2 rings (SSSR count). The minimum Gasteiger partial charge on any atom is -0.320 e. The van der Waals surface area contributed by atoms with Crippen molar-refractivity contribution in [2.24, 2.45) is 5.73 Å². The molecule has 2 aromatic rings. The van der Waals surface area contributed by atoms with E-state index in [-0.39, 0.29) is 24.1 Å². The van der Waals surface area contributed by atoms with E-state index in [1.54, 1.807) is 27.6 Å². The first-order chi connectivity index (χ1) is 10.0. The van der Waals surface area contributed by atoms with E-state index in [2.05, 4.69) is 11.8 Å². The molecule has 0 aliphatic rings. The number of nitrogens with two attached hydrogens (primary N) is 1. The van der Waals surface area contributed by atoms with Gasteiger partial charge in [0.05, 0.1) is 13.1 Å². The maximum absolute atomic E-state index is 13.6. The second-order valence-corrected chi connectivity index (χ2v) is 5.06. The van der Waals surface area contributed by atoms with Crippen LogP contribution in [0.15, 0.2) is 35.4 Å². The summed E-state index contributed by atoms with van der Waals surface area (Å²) in [7, 11) is 0. The molecule has 0 bridgehead atoms. The molecule has 0 amide bonds. The van der Waals surface area contributed by atoms with Gasteiger partial charge in [-0.3, -0.25) is 9.13 Å². The Morgan fingerprint density at radius 1 is 1.29 bits per heavy atom. The van der Waals surface area contributed by atoms with Gasteiger partial charge in [0.15, 0.2) is 0 Å². The van der Waals surface area contributed by atoms with Crippen molar-refractivity contribution in [2.75, 3.05) is 6.54 Å². The summed E-state index contributed by atoms with van der Waals surface area (Å²) in [4.78, 5) is 12.1.